The third-order valence-electron chi connectivity index (χ3n) is 2.69. The Morgan fingerprint density at radius 2 is 1.53 bits per heavy atom. The van der Waals surface area contributed by atoms with Crippen LogP contribution in [0.4, 0.5) is 23.2 Å². The standard InChI is InChI=1S/C10H12F4N2O2S/c1-10(2,19(3,17)18)4-15-7-5(11)8(13)16-9(14)6(7)12/h4H2,1-3H3,(H,15,16). The summed E-state index contributed by atoms with van der Waals surface area (Å²) in [5.41, 5.74) is -1.08. The summed E-state index contributed by atoms with van der Waals surface area (Å²) in [7, 11) is -3.53. The highest BCUT2D eigenvalue weighted by atomic mass is 32.2. The summed E-state index contributed by atoms with van der Waals surface area (Å²) in [6.45, 7) is 2.18. The summed E-state index contributed by atoms with van der Waals surface area (Å²) in [4.78, 5) is 2.38. The quantitative estimate of drug-likeness (QED) is 0.681. The molecule has 0 spiro atoms. The van der Waals surface area contributed by atoms with Gasteiger partial charge in [-0.05, 0) is 13.8 Å². The van der Waals surface area contributed by atoms with Crippen LogP contribution >= 0.6 is 0 Å². The van der Waals surface area contributed by atoms with E-state index in [0.29, 0.717) is 0 Å². The maximum absolute atomic E-state index is 13.3. The van der Waals surface area contributed by atoms with Crippen molar-refractivity contribution in [2.24, 2.45) is 0 Å². The first-order valence-electron chi connectivity index (χ1n) is 5.11. The van der Waals surface area contributed by atoms with E-state index in [2.05, 4.69) is 10.3 Å². The summed E-state index contributed by atoms with van der Waals surface area (Å²) < 4.78 is 73.6. The Kier molecular flexibility index (Phi) is 4.08. The van der Waals surface area contributed by atoms with Crippen LogP contribution in [0.5, 0.6) is 0 Å². The Hall–Kier alpha value is -1.38. The molecule has 1 rings (SSSR count). The fourth-order valence-electron chi connectivity index (χ4n) is 1.07. The zero-order valence-electron chi connectivity index (χ0n) is 10.4. The number of nitrogens with zero attached hydrogens (tertiary/aromatic N) is 1. The van der Waals surface area contributed by atoms with Crippen LogP contribution in [0.2, 0.25) is 0 Å². The van der Waals surface area contributed by atoms with Gasteiger partial charge < -0.3 is 5.32 Å². The van der Waals surface area contributed by atoms with Crippen molar-refractivity contribution in [2.45, 2.75) is 18.6 Å². The second-order valence-electron chi connectivity index (χ2n) is 4.58. The van der Waals surface area contributed by atoms with E-state index in [9.17, 15) is 26.0 Å². The molecule has 0 amide bonds. The van der Waals surface area contributed by atoms with E-state index in [0.717, 1.165) is 6.26 Å². The van der Waals surface area contributed by atoms with Crippen LogP contribution in [0.15, 0.2) is 0 Å². The molecule has 1 N–H and O–H groups in total. The normalized spacial score (nSPS) is 12.6. The van der Waals surface area contributed by atoms with Crippen LogP contribution in [-0.2, 0) is 9.84 Å². The van der Waals surface area contributed by atoms with Gasteiger partial charge in [0.2, 0.25) is 11.6 Å². The summed E-state index contributed by atoms with van der Waals surface area (Å²) in [6.07, 6.45) is 0.940. The van der Waals surface area contributed by atoms with Crippen LogP contribution in [0.1, 0.15) is 13.8 Å². The lowest BCUT2D eigenvalue weighted by Crippen LogP contribution is -2.38. The van der Waals surface area contributed by atoms with Crippen molar-refractivity contribution >= 4 is 15.5 Å². The van der Waals surface area contributed by atoms with Gasteiger partial charge in [0.1, 0.15) is 5.69 Å². The van der Waals surface area contributed by atoms with Crippen molar-refractivity contribution in [3.05, 3.63) is 23.5 Å². The van der Waals surface area contributed by atoms with Gasteiger partial charge in [-0.25, -0.2) is 8.42 Å². The van der Waals surface area contributed by atoms with Gasteiger partial charge in [0.25, 0.3) is 11.9 Å². The molecule has 0 aliphatic heterocycles. The van der Waals surface area contributed by atoms with Crippen LogP contribution in [0.25, 0.3) is 0 Å². The van der Waals surface area contributed by atoms with Gasteiger partial charge in [0.05, 0.1) is 4.75 Å². The van der Waals surface area contributed by atoms with Gasteiger partial charge in [-0.3, -0.25) is 0 Å². The number of nitrogens with one attached hydrogen (secondary N) is 1. The van der Waals surface area contributed by atoms with E-state index in [1.165, 1.54) is 13.8 Å². The van der Waals surface area contributed by atoms with Crippen molar-refractivity contribution < 1.29 is 26.0 Å². The second-order valence-corrected chi connectivity index (χ2v) is 7.23. The molecule has 0 unspecified atom stereocenters. The van der Waals surface area contributed by atoms with Gasteiger partial charge in [-0.1, -0.05) is 0 Å². The predicted octanol–water partition coefficient (Wildman–Crippen LogP) is 1.87. The average molecular weight is 300 g/mol. The minimum atomic E-state index is -3.53. The second kappa shape index (κ2) is 4.95. The molecule has 19 heavy (non-hydrogen) atoms. The molecule has 0 aliphatic carbocycles. The highest BCUT2D eigenvalue weighted by molar-refractivity contribution is 7.92. The summed E-state index contributed by atoms with van der Waals surface area (Å²) in [5, 5.41) is 2.06. The monoisotopic (exact) mass is 300 g/mol. The maximum Gasteiger partial charge on any atom is 0.253 e. The minimum Gasteiger partial charge on any atom is -0.378 e. The van der Waals surface area contributed by atoms with Gasteiger partial charge in [0, 0.05) is 12.8 Å². The maximum atomic E-state index is 13.3. The lowest BCUT2D eigenvalue weighted by Gasteiger charge is -2.23. The van der Waals surface area contributed by atoms with Crippen LogP contribution < -0.4 is 5.32 Å². The number of pyridine rings is 1. The van der Waals surface area contributed by atoms with E-state index in [1.807, 2.05) is 0 Å². The first kappa shape index (κ1) is 15.7. The number of anilines is 1. The highest BCUT2D eigenvalue weighted by Crippen LogP contribution is 2.24. The molecule has 108 valence electrons. The van der Waals surface area contributed by atoms with Crippen molar-refractivity contribution in [3.63, 3.8) is 0 Å². The summed E-state index contributed by atoms with van der Waals surface area (Å²) in [5.74, 6) is -7.02. The molecule has 0 aromatic carbocycles. The van der Waals surface area contributed by atoms with Crippen molar-refractivity contribution in [1.82, 2.24) is 4.98 Å². The number of halogens is 4. The van der Waals surface area contributed by atoms with E-state index < -0.39 is 50.3 Å². The molecule has 1 aromatic rings. The first-order valence-corrected chi connectivity index (χ1v) is 7.00. The van der Waals surface area contributed by atoms with Crippen LogP contribution in [0.3, 0.4) is 0 Å². The number of hydrogen-bond donors (Lipinski definition) is 1. The lowest BCUT2D eigenvalue weighted by atomic mass is 10.2. The van der Waals surface area contributed by atoms with Crippen LogP contribution in [-0.4, -0.2) is 30.9 Å². The van der Waals surface area contributed by atoms with Crippen LogP contribution in [0, 0.1) is 23.5 Å². The minimum absolute atomic E-state index is 0.428. The molecular formula is C10H12F4N2O2S. The van der Waals surface area contributed by atoms with Gasteiger partial charge in [0.15, 0.2) is 9.84 Å². The molecule has 0 aliphatic rings. The number of rotatable bonds is 4. The Morgan fingerprint density at radius 1 is 1.11 bits per heavy atom. The molecular weight excluding hydrogens is 288 g/mol. The van der Waals surface area contributed by atoms with Gasteiger partial charge >= 0.3 is 0 Å². The topological polar surface area (TPSA) is 59.1 Å². The Morgan fingerprint density at radius 3 is 1.89 bits per heavy atom. The van der Waals surface area contributed by atoms with Crippen molar-refractivity contribution in [1.29, 1.82) is 0 Å². The zero-order valence-corrected chi connectivity index (χ0v) is 11.2. The smallest absolute Gasteiger partial charge is 0.253 e. The van der Waals surface area contributed by atoms with Crippen molar-refractivity contribution in [3.8, 4) is 0 Å². The molecule has 1 aromatic heterocycles. The molecule has 0 radical (unpaired) electrons. The number of aromatic nitrogens is 1. The van der Waals surface area contributed by atoms with E-state index in [1.54, 1.807) is 0 Å². The Bertz CT molecular complexity index is 576. The molecule has 0 fully saturated rings. The molecule has 9 heteroatoms. The highest BCUT2D eigenvalue weighted by Gasteiger charge is 2.31. The fourth-order valence-corrected chi connectivity index (χ4v) is 1.41. The number of hydrogen-bond acceptors (Lipinski definition) is 4. The largest absolute Gasteiger partial charge is 0.378 e. The third kappa shape index (κ3) is 3.14. The Labute approximate surface area is 107 Å². The summed E-state index contributed by atoms with van der Waals surface area (Å²) >= 11 is 0. The third-order valence-corrected chi connectivity index (χ3v) is 4.84. The Balaban J connectivity index is 3.09. The summed E-state index contributed by atoms with van der Waals surface area (Å²) in [6, 6.07) is 0. The van der Waals surface area contributed by atoms with Crippen molar-refractivity contribution in [2.75, 3.05) is 18.1 Å². The lowest BCUT2D eigenvalue weighted by molar-refractivity contribution is 0.410. The molecule has 0 saturated heterocycles. The molecule has 0 saturated carbocycles. The number of sulfone groups is 1. The molecule has 0 bridgehead atoms. The zero-order chi connectivity index (χ0) is 15.0. The molecule has 1 heterocycles. The fraction of sp³-hybridized carbons (Fsp3) is 0.500. The van der Waals surface area contributed by atoms with E-state index >= 15 is 0 Å². The van der Waals surface area contributed by atoms with Gasteiger partial charge in [-0.15, -0.1) is 0 Å². The first-order chi connectivity index (χ1) is 8.47. The molecule has 4 nitrogen and oxygen atoms in total. The van der Waals surface area contributed by atoms with Gasteiger partial charge in [-0.2, -0.15) is 22.5 Å². The SMILES string of the molecule is CC(C)(CNc1c(F)c(F)nc(F)c1F)S(C)(=O)=O. The van der Waals surface area contributed by atoms with E-state index in [-0.39, 0.29) is 0 Å². The average Bonchev–Trinajstić information content (AvgIpc) is 2.25. The predicted molar refractivity (Wildman–Crippen MR) is 61.5 cm³/mol. The van der Waals surface area contributed by atoms with E-state index in [4.69, 9.17) is 0 Å². The molecule has 0 atom stereocenters.